The Morgan fingerprint density at radius 1 is 0.434 bits per heavy atom. The first-order valence-corrected chi connectivity index (χ1v) is 51.5. The van der Waals surface area contributed by atoms with Gasteiger partial charge in [-0.15, -0.1) is 81.0 Å². The number of carbonyl (C=O) groups excluding carboxylic acids is 2. The number of nitrogens with zero attached hydrogens (tertiary/aromatic N) is 4. The first-order valence-electron chi connectivity index (χ1n) is 49.8. The minimum atomic E-state index is 0. The number of hydrogen-bond acceptors (Lipinski definition) is 11. The van der Waals surface area contributed by atoms with Crippen molar-refractivity contribution < 1.29 is 89.0 Å². The van der Waals surface area contributed by atoms with E-state index in [9.17, 15) is 24.9 Å². The molecule has 0 fully saturated rings. The van der Waals surface area contributed by atoms with Crippen LogP contribution in [0.2, 0.25) is 0 Å². The molecule has 20 rings (SSSR count). The first-order chi connectivity index (χ1) is 67.6. The summed E-state index contributed by atoms with van der Waals surface area (Å²) in [4.78, 5) is 45.5. The zero-order chi connectivity index (χ0) is 99.2. The fourth-order valence-electron chi connectivity index (χ4n) is 19.5. The molecule has 0 saturated carbocycles. The summed E-state index contributed by atoms with van der Waals surface area (Å²) >= 11 is 3.57. The summed E-state index contributed by atoms with van der Waals surface area (Å²) < 4.78 is 3.68. The number of H-pyrrole nitrogens is 1. The van der Waals surface area contributed by atoms with Crippen molar-refractivity contribution in [3.05, 3.63) is 361 Å². The number of rotatable bonds is 20. The smallest absolute Gasteiger partial charge is 0.868 e. The van der Waals surface area contributed by atoms with Gasteiger partial charge in [-0.05, 0) is 224 Å². The van der Waals surface area contributed by atoms with E-state index in [1.54, 1.807) is 36.0 Å². The normalized spacial score (nSPS) is 11.7. The molecule has 0 bridgehead atoms. The molecule has 0 unspecified atom stereocenters. The number of aliphatic hydroxyl groups excluding tert-OH is 2. The molecule has 2 radical (unpaired) electrons. The van der Waals surface area contributed by atoms with Gasteiger partial charge in [0.2, 0.25) is 5.52 Å². The van der Waals surface area contributed by atoms with Gasteiger partial charge in [0.15, 0.2) is 17.8 Å². The van der Waals surface area contributed by atoms with Crippen LogP contribution in [0.15, 0.2) is 321 Å². The number of aryl methyl sites for hydroxylation is 2. The van der Waals surface area contributed by atoms with Crippen LogP contribution in [0.3, 0.4) is 0 Å². The van der Waals surface area contributed by atoms with Crippen molar-refractivity contribution in [2.24, 2.45) is 23.7 Å². The van der Waals surface area contributed by atoms with Crippen molar-refractivity contribution in [2.75, 3.05) is 0 Å². The Hall–Kier alpha value is -12.0. The average Bonchev–Trinajstić information content (AvgIpc) is 1.42. The van der Waals surface area contributed by atoms with Crippen molar-refractivity contribution in [1.29, 1.82) is 0 Å². The maximum Gasteiger partial charge on any atom is 1.00 e. The number of fused-ring (bicyclic) bond motifs is 12. The Labute approximate surface area is 891 Å². The standard InChI is InChI=1S/C45H27NS.C25H24N.C23H23N2S.2C13H24O2.C9H7NO.2Ir.Li/c1-3-11-30-25-32(19-17-28(30)9-1)42-36-14-5-6-15-37(36)43(33-20-18-29-10-2-4-12-31(29)26-33)40-27-34(21-22-38(40)42)44-45-39(23-24-46-44)35-13-7-8-16-41(35)47-45;1-16-9-8-12-22-24(16)17(2)13-23(26-22)19-14-18-10-6-7-11-20(18)21(15-19)25(3,4)5;1-14(2)18-12-26-22-20(24-13-25-21(18)22)16-10-15-8-6-7-9-17(15)19(11-16)23(3,4)5;2*1-5-10(6-2)12(14)9-13(15)11(7-3)8-4;11-8-5-1-3-7-4-2-6-10-9(7)8;;;/h1-27H;6-13,15H,1-5H3;6-9,11-14H,1-5H3;2*9-11,14H,5-8H2,1-4H3;1-6,11H;;;/q;2*-1;;;;;;+1. The van der Waals surface area contributed by atoms with Gasteiger partial charge in [0.25, 0.3) is 0 Å². The monoisotopic (exact) mass is 2270 g/mol. The molecule has 0 aliphatic rings. The number of carbonyl (C=O) groups is 2. The van der Waals surface area contributed by atoms with Gasteiger partial charge in [0.1, 0.15) is 6.33 Å². The number of aromatic amines is 1. The topological polar surface area (TPSA) is 163 Å². The predicted octanol–water partition coefficient (Wildman–Crippen LogP) is 32.0. The second kappa shape index (κ2) is 49.5. The number of hydrogen-bond donors (Lipinski definition) is 2. The maximum absolute atomic E-state index is 11.7. The molecule has 10 nitrogen and oxygen atoms in total. The van der Waals surface area contributed by atoms with E-state index in [0.717, 1.165) is 117 Å². The van der Waals surface area contributed by atoms with Crippen LogP contribution in [0.1, 0.15) is 196 Å². The molecule has 0 aliphatic heterocycles. The Balaban J connectivity index is 0.000000165. The van der Waals surface area contributed by atoms with Gasteiger partial charge in [-0.2, -0.15) is 0 Å². The summed E-state index contributed by atoms with van der Waals surface area (Å²) in [6.45, 7) is 38.5. The summed E-state index contributed by atoms with van der Waals surface area (Å²) in [6.07, 6.45) is 15.2. The molecule has 143 heavy (non-hydrogen) atoms. The zero-order valence-electron chi connectivity index (χ0n) is 85.9. The number of nitrogens with one attached hydrogen (secondary N) is 1. The van der Waals surface area contributed by atoms with Crippen LogP contribution in [0.4, 0.5) is 0 Å². The van der Waals surface area contributed by atoms with E-state index in [-0.39, 0.29) is 122 Å². The summed E-state index contributed by atoms with van der Waals surface area (Å²) in [5.41, 5.74) is 20.7. The van der Waals surface area contributed by atoms with Gasteiger partial charge in [-0.3, -0.25) is 24.5 Å². The third-order valence-electron chi connectivity index (χ3n) is 27.4. The van der Waals surface area contributed by atoms with E-state index in [1.165, 1.54) is 142 Å². The van der Waals surface area contributed by atoms with Gasteiger partial charge >= 0.3 is 18.9 Å². The number of benzene rings is 14. The van der Waals surface area contributed by atoms with Crippen molar-refractivity contribution >= 4 is 151 Å². The van der Waals surface area contributed by atoms with Gasteiger partial charge < -0.3 is 15.3 Å². The predicted molar refractivity (Wildman–Crippen MR) is 595 cm³/mol. The number of para-hydroxylation sites is 1. The molecule has 6 aromatic heterocycles. The minimum absolute atomic E-state index is 0. The van der Waals surface area contributed by atoms with Crippen LogP contribution in [0.25, 0.3) is 173 Å². The van der Waals surface area contributed by atoms with E-state index in [0.29, 0.717) is 11.4 Å². The largest absolute Gasteiger partial charge is 1.00 e. The summed E-state index contributed by atoms with van der Waals surface area (Å²) in [5, 5.41) is 52.5. The van der Waals surface area contributed by atoms with Gasteiger partial charge in [-0.1, -0.05) is 327 Å². The minimum Gasteiger partial charge on any atom is -0.868 e. The van der Waals surface area contributed by atoms with E-state index >= 15 is 0 Å². The van der Waals surface area contributed by atoms with Crippen molar-refractivity contribution in [3.8, 4) is 61.8 Å². The van der Waals surface area contributed by atoms with Crippen LogP contribution >= 0.6 is 22.7 Å². The Bertz CT molecular complexity index is 7910. The molecule has 0 atom stereocenters. The molecule has 0 spiro atoms. The van der Waals surface area contributed by atoms with Gasteiger partial charge in [-0.25, -0.2) is 9.97 Å². The van der Waals surface area contributed by atoms with E-state index in [4.69, 9.17) is 9.97 Å². The van der Waals surface area contributed by atoms with E-state index in [1.807, 2.05) is 91.1 Å². The fourth-order valence-corrected chi connectivity index (χ4v) is 21.8. The molecule has 0 aliphatic carbocycles. The van der Waals surface area contributed by atoms with Crippen LogP contribution in [-0.4, -0.2) is 41.7 Å². The number of ketones is 2. The third-order valence-corrected chi connectivity index (χ3v) is 29.6. The Morgan fingerprint density at radius 2 is 0.902 bits per heavy atom. The number of thiophene rings is 2. The number of aromatic nitrogens is 5. The second-order valence-corrected chi connectivity index (χ2v) is 41.0. The molecule has 3 N–H and O–H groups in total. The van der Waals surface area contributed by atoms with Crippen LogP contribution < -0.4 is 29.0 Å². The fraction of sp³-hybridized carbons (Fsp3) is 0.258. The third kappa shape index (κ3) is 24.8. The quantitative estimate of drug-likeness (QED) is 0.0249. The van der Waals surface area contributed by atoms with Crippen LogP contribution in [0, 0.1) is 49.7 Å². The number of allylic oxidation sites excluding steroid dienone is 4. The first kappa shape index (κ1) is 110. The molecule has 20 aromatic rings. The molecule has 0 saturated heterocycles. The summed E-state index contributed by atoms with van der Waals surface area (Å²) in [6, 6.07) is 104. The average molecular weight is 2270 g/mol. The summed E-state index contributed by atoms with van der Waals surface area (Å²) in [5.74, 6) is 1.59. The SMILES string of the molecule is CC(C)c1csc2c(-c3[c-]c4ccccc4c(C(C)(C)C)c3)ncnc12.CCC(CC)C(=O)C=C(O)C(CC)CC.CCC(CC)C(=O)C=C(O)C(CC)CC.Cc1cccc2nc(-c3[c-]c4ccccc4c(C(C)(C)C)c3)cc(C)c12.[Ir].[Ir].[Li+].[O-]c1cccc2ccc[nH+]c12.c1ccc2cc(-c3c4ccccc4c(-c4ccc5ccccc5c4)c4cc(-c5nccc6c5sc5ccccc56)ccc34)ccc2c1. The molecule has 728 valence electrons. The number of pyridine rings is 3. The van der Waals surface area contributed by atoms with Gasteiger partial charge in [0, 0.05) is 136 Å². The molecular formula is C128H129Ir2LiN5O5S2-. The van der Waals surface area contributed by atoms with Gasteiger partial charge in [0.05, 0.1) is 32.9 Å². The van der Waals surface area contributed by atoms with Crippen LogP contribution in [-0.2, 0) is 60.6 Å². The van der Waals surface area contributed by atoms with Crippen molar-refractivity contribution in [2.45, 2.75) is 193 Å². The molecule has 14 aromatic carbocycles. The molecular weight excluding hydrogens is 2140 g/mol. The van der Waals surface area contributed by atoms with Crippen molar-refractivity contribution in [1.82, 2.24) is 19.9 Å². The molecule has 15 heteroatoms. The Kier molecular flexibility index (Phi) is 38.0. The van der Waals surface area contributed by atoms with Crippen molar-refractivity contribution in [3.63, 3.8) is 0 Å². The molecule has 6 heterocycles. The zero-order valence-corrected chi connectivity index (χ0v) is 92.3. The molecule has 0 amide bonds. The summed E-state index contributed by atoms with van der Waals surface area (Å²) in [7, 11) is 0. The number of aliphatic hydroxyl groups is 2. The van der Waals surface area contributed by atoms with E-state index < -0.39 is 0 Å². The maximum atomic E-state index is 11.7. The Morgan fingerprint density at radius 3 is 1.44 bits per heavy atom. The second-order valence-electron chi connectivity index (χ2n) is 39.0. The van der Waals surface area contributed by atoms with E-state index in [2.05, 4.69) is 344 Å². The van der Waals surface area contributed by atoms with Crippen LogP contribution in [0.5, 0.6) is 5.75 Å².